The molecule has 0 aliphatic carbocycles. The number of rotatable bonds is 4. The number of aryl methyl sites for hydroxylation is 2. The van der Waals surface area contributed by atoms with Crippen LogP contribution in [-0.2, 0) is 0 Å². The molecule has 3 heteroatoms. The van der Waals surface area contributed by atoms with E-state index in [0.717, 1.165) is 11.3 Å². The van der Waals surface area contributed by atoms with Gasteiger partial charge in [-0.15, -0.1) is 0 Å². The molecule has 1 unspecified atom stereocenters. The summed E-state index contributed by atoms with van der Waals surface area (Å²) in [7, 11) is 0. The van der Waals surface area contributed by atoms with Gasteiger partial charge in [0.05, 0.1) is 6.10 Å². The summed E-state index contributed by atoms with van der Waals surface area (Å²) in [6.45, 7) is 4.59. The summed E-state index contributed by atoms with van der Waals surface area (Å²) in [5, 5.41) is 14.1. The van der Waals surface area contributed by atoms with Gasteiger partial charge in [0.15, 0.2) is 0 Å². The maximum Gasteiger partial charge on any atom is 0.0962 e. The predicted molar refractivity (Wildman–Crippen MR) is 80.8 cm³/mol. The number of aliphatic hydroxyl groups excluding tert-OH is 1. The van der Waals surface area contributed by atoms with Gasteiger partial charge in [-0.2, -0.15) is 0 Å². The number of benzene rings is 2. The van der Waals surface area contributed by atoms with Crippen molar-refractivity contribution in [2.75, 3.05) is 11.9 Å². The van der Waals surface area contributed by atoms with Crippen LogP contribution in [-0.4, -0.2) is 11.7 Å². The fourth-order valence-electron chi connectivity index (χ4n) is 1.94. The predicted octanol–water partition coefficient (Wildman–Crippen LogP) is 4.10. The molecule has 0 saturated carbocycles. The average Bonchev–Trinajstić information content (AvgIpc) is 2.40. The number of nitrogens with one attached hydrogen (secondary N) is 1. The number of anilines is 1. The summed E-state index contributed by atoms with van der Waals surface area (Å²) in [6, 6.07) is 13.5. The number of hydrogen-bond donors (Lipinski definition) is 2. The van der Waals surface area contributed by atoms with E-state index in [1.165, 1.54) is 11.1 Å². The Bertz CT molecular complexity index is 551. The molecule has 0 aromatic heterocycles. The third-order valence-electron chi connectivity index (χ3n) is 3.13. The molecule has 2 nitrogen and oxygen atoms in total. The van der Waals surface area contributed by atoms with E-state index in [4.69, 9.17) is 11.6 Å². The smallest absolute Gasteiger partial charge is 0.0962 e. The first kappa shape index (κ1) is 13.9. The minimum atomic E-state index is -0.544. The summed E-state index contributed by atoms with van der Waals surface area (Å²) in [4.78, 5) is 0. The first-order valence-electron chi connectivity index (χ1n) is 6.31. The van der Waals surface area contributed by atoms with E-state index in [1.807, 2.05) is 12.1 Å². The van der Waals surface area contributed by atoms with Gasteiger partial charge >= 0.3 is 0 Å². The van der Waals surface area contributed by atoms with Crippen molar-refractivity contribution < 1.29 is 5.11 Å². The molecule has 0 bridgehead atoms. The van der Waals surface area contributed by atoms with Crippen LogP contribution in [0.15, 0.2) is 42.5 Å². The van der Waals surface area contributed by atoms with E-state index in [0.29, 0.717) is 11.6 Å². The zero-order chi connectivity index (χ0) is 13.8. The second-order valence-corrected chi connectivity index (χ2v) is 5.20. The van der Waals surface area contributed by atoms with Crippen molar-refractivity contribution in [1.82, 2.24) is 0 Å². The van der Waals surface area contributed by atoms with Crippen molar-refractivity contribution in [3.05, 3.63) is 64.2 Å². The fraction of sp³-hybridized carbons (Fsp3) is 0.250. The molecule has 0 radical (unpaired) electrons. The van der Waals surface area contributed by atoms with E-state index >= 15 is 0 Å². The molecule has 0 aliphatic heterocycles. The monoisotopic (exact) mass is 275 g/mol. The van der Waals surface area contributed by atoms with E-state index in [9.17, 15) is 5.11 Å². The van der Waals surface area contributed by atoms with Gasteiger partial charge in [-0.3, -0.25) is 0 Å². The van der Waals surface area contributed by atoms with E-state index < -0.39 is 6.10 Å². The molecule has 2 rings (SSSR count). The fourth-order valence-corrected chi connectivity index (χ4v) is 2.06. The Balaban J connectivity index is 2.02. The van der Waals surface area contributed by atoms with Gasteiger partial charge in [0.25, 0.3) is 0 Å². The zero-order valence-electron chi connectivity index (χ0n) is 11.2. The van der Waals surface area contributed by atoms with Crippen LogP contribution in [0.5, 0.6) is 0 Å². The van der Waals surface area contributed by atoms with E-state index in [1.54, 1.807) is 12.1 Å². The molecule has 19 heavy (non-hydrogen) atoms. The van der Waals surface area contributed by atoms with Gasteiger partial charge in [-0.25, -0.2) is 0 Å². The Hall–Kier alpha value is -1.51. The normalized spacial score (nSPS) is 12.2. The largest absolute Gasteiger partial charge is 0.387 e. The molecule has 0 aliphatic rings. The summed E-state index contributed by atoms with van der Waals surface area (Å²) < 4.78 is 0. The summed E-state index contributed by atoms with van der Waals surface area (Å²) >= 11 is 5.83. The summed E-state index contributed by atoms with van der Waals surface area (Å²) in [5.41, 5.74) is 4.30. The molecule has 0 fully saturated rings. The van der Waals surface area contributed by atoms with Crippen molar-refractivity contribution >= 4 is 17.3 Å². The number of halogens is 1. The summed E-state index contributed by atoms with van der Waals surface area (Å²) in [6.07, 6.45) is -0.544. The van der Waals surface area contributed by atoms with Crippen LogP contribution in [0.25, 0.3) is 0 Å². The van der Waals surface area contributed by atoms with Crippen LogP contribution < -0.4 is 5.32 Å². The Labute approximate surface area is 119 Å². The van der Waals surface area contributed by atoms with Crippen LogP contribution in [0, 0.1) is 13.8 Å². The van der Waals surface area contributed by atoms with Gasteiger partial charge in [0.1, 0.15) is 0 Å². The van der Waals surface area contributed by atoms with Crippen LogP contribution >= 0.6 is 11.6 Å². The van der Waals surface area contributed by atoms with E-state index in [2.05, 4.69) is 37.4 Å². The van der Waals surface area contributed by atoms with Crippen molar-refractivity contribution in [2.24, 2.45) is 0 Å². The third kappa shape index (κ3) is 3.72. The van der Waals surface area contributed by atoms with Crippen molar-refractivity contribution in [2.45, 2.75) is 20.0 Å². The second kappa shape index (κ2) is 6.09. The Morgan fingerprint density at radius 3 is 2.47 bits per heavy atom. The molecular formula is C16H18ClNO. The minimum Gasteiger partial charge on any atom is -0.387 e. The zero-order valence-corrected chi connectivity index (χ0v) is 11.9. The van der Waals surface area contributed by atoms with Crippen molar-refractivity contribution in [3.63, 3.8) is 0 Å². The van der Waals surface area contributed by atoms with Gasteiger partial charge in [0, 0.05) is 17.3 Å². The quantitative estimate of drug-likeness (QED) is 0.880. The number of hydrogen-bond acceptors (Lipinski definition) is 2. The highest BCUT2D eigenvalue weighted by Crippen LogP contribution is 2.20. The molecule has 0 amide bonds. The first-order valence-corrected chi connectivity index (χ1v) is 6.69. The van der Waals surface area contributed by atoms with E-state index in [-0.39, 0.29) is 0 Å². The van der Waals surface area contributed by atoms with Crippen LogP contribution in [0.2, 0.25) is 5.02 Å². The van der Waals surface area contributed by atoms with Crippen LogP contribution in [0.1, 0.15) is 22.8 Å². The third-order valence-corrected chi connectivity index (χ3v) is 3.39. The minimum absolute atomic E-state index is 0.478. The molecule has 100 valence electrons. The maximum atomic E-state index is 10.1. The molecule has 0 heterocycles. The topological polar surface area (TPSA) is 32.3 Å². The Morgan fingerprint density at radius 2 is 1.79 bits per heavy atom. The lowest BCUT2D eigenvalue weighted by molar-refractivity contribution is 0.191. The molecule has 0 saturated heterocycles. The molecule has 0 spiro atoms. The van der Waals surface area contributed by atoms with Gasteiger partial charge in [0.2, 0.25) is 0 Å². The Morgan fingerprint density at radius 1 is 1.11 bits per heavy atom. The van der Waals surface area contributed by atoms with Gasteiger partial charge in [-0.05, 0) is 48.7 Å². The molecule has 2 N–H and O–H groups in total. The highest BCUT2D eigenvalue weighted by atomic mass is 35.5. The van der Waals surface area contributed by atoms with Gasteiger partial charge < -0.3 is 10.4 Å². The molecule has 2 aromatic carbocycles. The molecule has 1 atom stereocenters. The lowest BCUT2D eigenvalue weighted by Crippen LogP contribution is -2.12. The average molecular weight is 276 g/mol. The second-order valence-electron chi connectivity index (χ2n) is 4.77. The number of aliphatic hydroxyl groups is 1. The molecule has 2 aromatic rings. The SMILES string of the molecule is Cc1ccc(C)c(NCC(O)c2ccc(Cl)cc2)c1. The van der Waals surface area contributed by atoms with Gasteiger partial charge in [-0.1, -0.05) is 35.9 Å². The standard InChI is InChI=1S/C16H18ClNO/c1-11-3-4-12(2)15(9-11)18-10-16(19)13-5-7-14(17)8-6-13/h3-9,16,18-19H,10H2,1-2H3. The lowest BCUT2D eigenvalue weighted by Gasteiger charge is -2.15. The molecular weight excluding hydrogens is 258 g/mol. The van der Waals surface area contributed by atoms with Crippen LogP contribution in [0.3, 0.4) is 0 Å². The van der Waals surface area contributed by atoms with Crippen molar-refractivity contribution in [1.29, 1.82) is 0 Å². The first-order chi connectivity index (χ1) is 9.06. The highest BCUT2D eigenvalue weighted by molar-refractivity contribution is 6.30. The summed E-state index contributed by atoms with van der Waals surface area (Å²) in [5.74, 6) is 0. The maximum absolute atomic E-state index is 10.1. The highest BCUT2D eigenvalue weighted by Gasteiger charge is 2.07. The van der Waals surface area contributed by atoms with Crippen LogP contribution in [0.4, 0.5) is 5.69 Å². The Kier molecular flexibility index (Phi) is 4.46. The van der Waals surface area contributed by atoms with Crippen molar-refractivity contribution in [3.8, 4) is 0 Å². The lowest BCUT2D eigenvalue weighted by atomic mass is 10.1.